The molecule has 0 fully saturated rings. The molecule has 0 bridgehead atoms. The Morgan fingerprint density at radius 1 is 1.22 bits per heavy atom. The molecule has 0 saturated carbocycles. The minimum atomic E-state index is 0.118. The maximum atomic E-state index is 5.86. The van der Waals surface area contributed by atoms with E-state index in [0.717, 1.165) is 17.5 Å². The van der Waals surface area contributed by atoms with E-state index in [9.17, 15) is 0 Å². The highest BCUT2D eigenvalue weighted by atomic mass is 35.5. The first-order chi connectivity index (χ1) is 8.69. The van der Waals surface area contributed by atoms with E-state index in [1.807, 2.05) is 19.9 Å². The Morgan fingerprint density at radius 2 is 2.06 bits per heavy atom. The van der Waals surface area contributed by atoms with Crippen LogP contribution in [0.2, 0.25) is 5.28 Å². The normalized spacial score (nSPS) is 10.4. The van der Waals surface area contributed by atoms with E-state index in [1.165, 1.54) is 0 Å². The molecule has 0 radical (unpaired) electrons. The summed E-state index contributed by atoms with van der Waals surface area (Å²) in [5.74, 6) is 0.470. The van der Waals surface area contributed by atoms with Gasteiger partial charge in [-0.2, -0.15) is 15.0 Å². The molecule has 0 saturated heterocycles. The van der Waals surface area contributed by atoms with Gasteiger partial charge in [-0.1, -0.05) is 6.92 Å². The van der Waals surface area contributed by atoms with E-state index in [2.05, 4.69) is 19.9 Å². The third kappa shape index (κ3) is 3.13. The average Bonchev–Trinajstić information content (AvgIpc) is 2.36. The SMILES string of the molecule is CCCOc1nc(Cl)nc(-c2cncc(C)c2)n1. The Kier molecular flexibility index (Phi) is 4.04. The molecule has 2 aromatic heterocycles. The molecule has 2 heterocycles. The summed E-state index contributed by atoms with van der Waals surface area (Å²) < 4.78 is 5.36. The molecule has 0 atom stereocenters. The fourth-order valence-corrected chi connectivity index (χ4v) is 1.55. The maximum absolute atomic E-state index is 5.86. The molecule has 18 heavy (non-hydrogen) atoms. The average molecular weight is 265 g/mol. The van der Waals surface area contributed by atoms with Gasteiger partial charge in [-0.15, -0.1) is 0 Å². The Morgan fingerprint density at radius 3 is 2.78 bits per heavy atom. The molecular formula is C12H13ClN4O. The van der Waals surface area contributed by atoms with Crippen molar-refractivity contribution in [3.05, 3.63) is 29.3 Å². The van der Waals surface area contributed by atoms with Gasteiger partial charge in [-0.3, -0.25) is 4.98 Å². The second kappa shape index (κ2) is 5.73. The van der Waals surface area contributed by atoms with Crippen LogP contribution < -0.4 is 4.74 Å². The van der Waals surface area contributed by atoms with Crippen molar-refractivity contribution < 1.29 is 4.74 Å². The van der Waals surface area contributed by atoms with Crippen molar-refractivity contribution in [2.75, 3.05) is 6.61 Å². The van der Waals surface area contributed by atoms with Gasteiger partial charge in [0.25, 0.3) is 0 Å². The van der Waals surface area contributed by atoms with E-state index in [1.54, 1.807) is 12.4 Å². The third-order valence-corrected chi connectivity index (χ3v) is 2.33. The monoisotopic (exact) mass is 264 g/mol. The van der Waals surface area contributed by atoms with Gasteiger partial charge in [0.15, 0.2) is 5.82 Å². The van der Waals surface area contributed by atoms with Crippen molar-refractivity contribution in [3.8, 4) is 17.4 Å². The van der Waals surface area contributed by atoms with Crippen LogP contribution in [0.3, 0.4) is 0 Å². The summed E-state index contributed by atoms with van der Waals surface area (Å²) >= 11 is 5.86. The van der Waals surface area contributed by atoms with Gasteiger partial charge < -0.3 is 4.74 Å². The molecule has 6 heteroatoms. The molecule has 0 amide bonds. The Balaban J connectivity index is 2.35. The number of aromatic nitrogens is 4. The largest absolute Gasteiger partial charge is 0.463 e. The van der Waals surface area contributed by atoms with Crippen molar-refractivity contribution in [1.82, 2.24) is 19.9 Å². The van der Waals surface area contributed by atoms with Crippen molar-refractivity contribution in [3.63, 3.8) is 0 Å². The number of aryl methyl sites for hydroxylation is 1. The first kappa shape index (κ1) is 12.7. The van der Waals surface area contributed by atoms with Gasteiger partial charge >= 0.3 is 6.01 Å². The van der Waals surface area contributed by atoms with Crippen LogP contribution in [0.15, 0.2) is 18.5 Å². The molecule has 0 aromatic carbocycles. The highest BCUT2D eigenvalue weighted by Crippen LogP contribution is 2.18. The molecule has 2 rings (SSSR count). The number of nitrogens with zero attached hydrogens (tertiary/aromatic N) is 4. The number of ether oxygens (including phenoxy) is 1. The van der Waals surface area contributed by atoms with Gasteiger partial charge in [0.2, 0.25) is 5.28 Å². The minimum Gasteiger partial charge on any atom is -0.463 e. The number of pyridine rings is 1. The summed E-state index contributed by atoms with van der Waals surface area (Å²) in [6.45, 7) is 4.51. The van der Waals surface area contributed by atoms with Gasteiger partial charge in [0, 0.05) is 18.0 Å². The predicted octanol–water partition coefficient (Wildman–Crippen LogP) is 2.68. The van der Waals surface area contributed by atoms with Gasteiger partial charge in [-0.25, -0.2) is 0 Å². The Hall–Kier alpha value is -1.75. The zero-order valence-corrected chi connectivity index (χ0v) is 11.0. The summed E-state index contributed by atoms with van der Waals surface area (Å²) in [6.07, 6.45) is 4.33. The van der Waals surface area contributed by atoms with Crippen LogP contribution in [-0.4, -0.2) is 26.5 Å². The summed E-state index contributed by atoms with van der Waals surface area (Å²) in [7, 11) is 0. The summed E-state index contributed by atoms with van der Waals surface area (Å²) in [5, 5.41) is 0.118. The smallest absolute Gasteiger partial charge is 0.321 e. The lowest BCUT2D eigenvalue weighted by molar-refractivity contribution is 0.291. The maximum Gasteiger partial charge on any atom is 0.321 e. The lowest BCUT2D eigenvalue weighted by atomic mass is 10.2. The molecule has 0 spiro atoms. The van der Waals surface area contributed by atoms with Crippen LogP contribution in [-0.2, 0) is 0 Å². The van der Waals surface area contributed by atoms with E-state index in [4.69, 9.17) is 16.3 Å². The van der Waals surface area contributed by atoms with Crippen LogP contribution in [0.4, 0.5) is 0 Å². The molecule has 0 unspecified atom stereocenters. The fourth-order valence-electron chi connectivity index (χ4n) is 1.40. The van der Waals surface area contributed by atoms with Crippen LogP contribution in [0.5, 0.6) is 6.01 Å². The van der Waals surface area contributed by atoms with Crippen LogP contribution in [0, 0.1) is 6.92 Å². The van der Waals surface area contributed by atoms with Crippen LogP contribution >= 0.6 is 11.6 Å². The van der Waals surface area contributed by atoms with Crippen molar-refractivity contribution in [2.45, 2.75) is 20.3 Å². The summed E-state index contributed by atoms with van der Waals surface area (Å²) in [6, 6.07) is 2.18. The lowest BCUT2D eigenvalue weighted by Gasteiger charge is -2.05. The van der Waals surface area contributed by atoms with Gasteiger partial charge in [-0.05, 0) is 36.6 Å². The van der Waals surface area contributed by atoms with E-state index in [-0.39, 0.29) is 11.3 Å². The number of halogens is 1. The van der Waals surface area contributed by atoms with Crippen molar-refractivity contribution in [2.24, 2.45) is 0 Å². The first-order valence-electron chi connectivity index (χ1n) is 5.65. The number of rotatable bonds is 4. The lowest BCUT2D eigenvalue weighted by Crippen LogP contribution is -2.03. The topological polar surface area (TPSA) is 60.8 Å². The van der Waals surface area contributed by atoms with Crippen molar-refractivity contribution >= 4 is 11.6 Å². The second-order valence-electron chi connectivity index (χ2n) is 3.81. The van der Waals surface area contributed by atoms with Gasteiger partial charge in [0.05, 0.1) is 6.61 Å². The van der Waals surface area contributed by atoms with E-state index < -0.39 is 0 Å². The molecule has 0 aliphatic heterocycles. The zero-order chi connectivity index (χ0) is 13.0. The molecule has 5 nitrogen and oxygen atoms in total. The molecule has 2 aromatic rings. The Bertz CT molecular complexity index is 547. The fraction of sp³-hybridized carbons (Fsp3) is 0.333. The number of hydrogen-bond donors (Lipinski definition) is 0. The number of hydrogen-bond acceptors (Lipinski definition) is 5. The minimum absolute atomic E-state index is 0.118. The van der Waals surface area contributed by atoms with E-state index >= 15 is 0 Å². The van der Waals surface area contributed by atoms with E-state index in [0.29, 0.717) is 12.4 Å². The summed E-state index contributed by atoms with van der Waals surface area (Å²) in [4.78, 5) is 16.3. The molecule has 0 aliphatic carbocycles. The Labute approximate surface area is 110 Å². The third-order valence-electron chi connectivity index (χ3n) is 2.16. The summed E-state index contributed by atoms with van der Waals surface area (Å²) in [5.41, 5.74) is 1.82. The molecule has 0 N–H and O–H groups in total. The predicted molar refractivity (Wildman–Crippen MR) is 68.6 cm³/mol. The molecular weight excluding hydrogens is 252 g/mol. The molecule has 94 valence electrons. The first-order valence-corrected chi connectivity index (χ1v) is 6.03. The highest BCUT2D eigenvalue weighted by molar-refractivity contribution is 6.28. The zero-order valence-electron chi connectivity index (χ0n) is 10.2. The van der Waals surface area contributed by atoms with Crippen LogP contribution in [0.1, 0.15) is 18.9 Å². The standard InChI is InChI=1S/C12H13ClN4O/c1-3-4-18-12-16-10(15-11(13)17-12)9-5-8(2)6-14-7-9/h5-7H,3-4H2,1-2H3. The van der Waals surface area contributed by atoms with Crippen LogP contribution in [0.25, 0.3) is 11.4 Å². The second-order valence-corrected chi connectivity index (χ2v) is 4.15. The molecule has 0 aliphatic rings. The van der Waals surface area contributed by atoms with Gasteiger partial charge in [0.1, 0.15) is 0 Å². The highest BCUT2D eigenvalue weighted by Gasteiger charge is 2.08. The quantitative estimate of drug-likeness (QED) is 0.850. The van der Waals surface area contributed by atoms with Crippen molar-refractivity contribution in [1.29, 1.82) is 0 Å².